The Balaban J connectivity index is 1.37. The fraction of sp³-hybridized carbons (Fsp3) is 0.474. The molecule has 4 saturated carbocycles. The largest absolute Gasteiger partial charge is 0.460 e. The molecule has 0 N–H and O–H groups in total. The molecule has 0 radical (unpaired) electrons. The maximum absolute atomic E-state index is 14.5. The van der Waals surface area contributed by atoms with E-state index in [0.29, 0.717) is 40.1 Å². The van der Waals surface area contributed by atoms with Crippen molar-refractivity contribution in [3.63, 3.8) is 0 Å². The van der Waals surface area contributed by atoms with Crippen molar-refractivity contribution in [3.8, 4) is 0 Å². The summed E-state index contributed by atoms with van der Waals surface area (Å²) in [5.74, 6) is -20.2. The maximum atomic E-state index is 14.5. The first-order valence-electron chi connectivity index (χ1n) is 17.2. The summed E-state index contributed by atoms with van der Waals surface area (Å²) >= 11 is 0. The first-order chi connectivity index (χ1) is 25.3. The van der Waals surface area contributed by atoms with Crippen molar-refractivity contribution in [1.82, 2.24) is 0 Å². The van der Waals surface area contributed by atoms with Crippen LogP contribution < -0.4 is 4.90 Å². The van der Waals surface area contributed by atoms with Gasteiger partial charge in [-0.3, -0.25) is 0 Å². The normalized spacial score (nSPS) is 24.7. The van der Waals surface area contributed by atoms with Crippen LogP contribution in [0, 0.1) is 11.8 Å². The van der Waals surface area contributed by atoms with Crippen LogP contribution in [0.2, 0.25) is 0 Å². The van der Waals surface area contributed by atoms with Crippen LogP contribution in [0.5, 0.6) is 0 Å². The van der Waals surface area contributed by atoms with Crippen molar-refractivity contribution < 1.29 is 70.6 Å². The molecule has 4 aliphatic carbocycles. The lowest BCUT2D eigenvalue weighted by Gasteiger charge is -2.50. The Labute approximate surface area is 303 Å². The third kappa shape index (κ3) is 6.17. The molecule has 17 heteroatoms. The van der Waals surface area contributed by atoms with Crippen molar-refractivity contribution in [2.45, 2.75) is 92.4 Å². The first kappa shape index (κ1) is 39.3. The molecule has 4 bridgehead atoms. The average Bonchev–Trinajstić information content (AvgIpc) is 3.43. The van der Waals surface area contributed by atoms with Crippen LogP contribution in [0.3, 0.4) is 0 Å². The minimum atomic E-state index is -7.07. The second kappa shape index (κ2) is 12.6. The summed E-state index contributed by atoms with van der Waals surface area (Å²) in [6.45, 7) is -0.870. The topological polar surface area (TPSA) is 12.5 Å². The van der Waals surface area contributed by atoms with Gasteiger partial charge in [0.2, 0.25) is 0 Å². The van der Waals surface area contributed by atoms with Crippen molar-refractivity contribution in [2.24, 2.45) is 11.8 Å². The van der Waals surface area contributed by atoms with Crippen LogP contribution in [0.15, 0.2) is 72.8 Å². The number of fused-ring (bicyclic) bond motifs is 2. The molecule has 8 rings (SSSR count). The van der Waals surface area contributed by atoms with Gasteiger partial charge in [-0.15, -0.1) is 0 Å². The molecule has 298 valence electrons. The number of halogens is 15. The molecule has 4 aliphatic rings. The Morgan fingerprint density at radius 2 is 1.09 bits per heavy atom. The fourth-order valence-corrected chi connectivity index (χ4v) is 9.41. The van der Waals surface area contributed by atoms with Crippen LogP contribution >= 0.6 is 0 Å². The molecular formula is C38H30F15NO. The number of alkyl halides is 15. The van der Waals surface area contributed by atoms with Crippen LogP contribution in [-0.4, -0.2) is 41.7 Å². The number of rotatable bonds is 10. The van der Waals surface area contributed by atoms with Gasteiger partial charge in [-0.25, -0.2) is 0 Å². The highest BCUT2D eigenvalue weighted by Crippen LogP contribution is 2.69. The molecule has 4 fully saturated rings. The molecule has 4 aromatic rings. The van der Waals surface area contributed by atoms with Gasteiger partial charge in [0.15, 0.2) is 0 Å². The fourth-order valence-electron chi connectivity index (χ4n) is 9.41. The minimum absolute atomic E-state index is 0.0106. The van der Waals surface area contributed by atoms with Gasteiger partial charge >= 0.3 is 36.3 Å². The van der Waals surface area contributed by atoms with Crippen LogP contribution in [-0.2, 0) is 17.1 Å². The number of hydrogen-bond donors (Lipinski definition) is 0. The van der Waals surface area contributed by atoms with Gasteiger partial charge in [0, 0.05) is 29.5 Å². The van der Waals surface area contributed by atoms with E-state index in [0.717, 1.165) is 0 Å². The van der Waals surface area contributed by atoms with Gasteiger partial charge in [-0.1, -0.05) is 48.5 Å². The van der Waals surface area contributed by atoms with Crippen molar-refractivity contribution in [1.29, 1.82) is 0 Å². The number of hydrogen-bond acceptors (Lipinski definition) is 2. The zero-order chi connectivity index (χ0) is 40.2. The highest BCUT2D eigenvalue weighted by molar-refractivity contribution is 6.13. The lowest BCUT2D eigenvalue weighted by molar-refractivity contribution is -0.396. The van der Waals surface area contributed by atoms with E-state index in [1.54, 1.807) is 54.6 Å². The van der Waals surface area contributed by atoms with Crippen LogP contribution in [0.4, 0.5) is 77.2 Å². The Morgan fingerprint density at radius 3 is 1.56 bits per heavy atom. The summed E-state index contributed by atoms with van der Waals surface area (Å²) < 4.78 is 215. The second-order valence-corrected chi connectivity index (χ2v) is 14.9. The number of ether oxygens (including phenoxy) is 1. The molecule has 0 aromatic heterocycles. The van der Waals surface area contributed by atoms with Crippen LogP contribution in [0.1, 0.15) is 56.1 Å². The van der Waals surface area contributed by atoms with Crippen molar-refractivity contribution in [3.05, 3.63) is 83.9 Å². The summed E-state index contributed by atoms with van der Waals surface area (Å²) in [6, 6.07) is 16.3. The zero-order valence-electron chi connectivity index (χ0n) is 28.3. The molecule has 2 unspecified atom stereocenters. The quantitative estimate of drug-likeness (QED) is 0.0900. The third-order valence-corrected chi connectivity index (χ3v) is 11.5. The van der Waals surface area contributed by atoms with Gasteiger partial charge in [-0.2, -0.15) is 65.9 Å². The van der Waals surface area contributed by atoms with Gasteiger partial charge < -0.3 is 9.64 Å². The molecule has 2 nitrogen and oxygen atoms in total. The summed E-state index contributed by atoms with van der Waals surface area (Å²) in [4.78, 5) is 1.42. The smallest absolute Gasteiger partial charge is 0.373 e. The van der Waals surface area contributed by atoms with E-state index in [1.165, 1.54) is 4.90 Å². The summed E-state index contributed by atoms with van der Waals surface area (Å²) in [5, 5.41) is 2.03. The summed E-state index contributed by atoms with van der Waals surface area (Å²) in [7, 11) is 0. The first-order valence-corrected chi connectivity index (χ1v) is 17.2. The highest BCUT2D eigenvalue weighted by Gasteiger charge is 2.81. The molecular weight excluding hydrogens is 771 g/mol. The number of nitrogens with zero attached hydrogens (tertiary/aromatic N) is 1. The SMILES string of the molecule is FC(F)(F)c1cc(N(c2c3ccccc3cc3ccccc23)C23CC4CC(CC2(OCCCC(F)(F)C(F)(F)C(F)(F)C(F)(F)F)C4)C3)cc(C(F)(F)F)c1. The molecule has 2 atom stereocenters. The predicted octanol–water partition coefficient (Wildman–Crippen LogP) is 13.1. The Hall–Kier alpha value is -3.89. The van der Waals surface area contributed by atoms with E-state index in [9.17, 15) is 65.9 Å². The molecule has 55 heavy (non-hydrogen) atoms. The lowest BCUT2D eigenvalue weighted by atomic mass is 9.79. The van der Waals surface area contributed by atoms with Gasteiger partial charge in [-0.05, 0) is 85.4 Å². The third-order valence-electron chi connectivity index (χ3n) is 11.5. The van der Waals surface area contributed by atoms with Gasteiger partial charge in [0.05, 0.1) is 28.0 Å². The lowest BCUT2D eigenvalue weighted by Crippen LogP contribution is -2.61. The van der Waals surface area contributed by atoms with E-state index in [-0.39, 0.29) is 49.3 Å². The molecule has 0 heterocycles. The van der Waals surface area contributed by atoms with E-state index in [2.05, 4.69) is 0 Å². The summed E-state index contributed by atoms with van der Waals surface area (Å²) in [5.41, 5.74) is -6.43. The Morgan fingerprint density at radius 1 is 0.600 bits per heavy atom. The maximum Gasteiger partial charge on any atom is 0.460 e. The van der Waals surface area contributed by atoms with Crippen molar-refractivity contribution in [2.75, 3.05) is 11.5 Å². The number of anilines is 2. The minimum Gasteiger partial charge on any atom is -0.373 e. The molecule has 0 spiro atoms. The van der Waals surface area contributed by atoms with E-state index in [4.69, 9.17) is 4.74 Å². The zero-order valence-corrected chi connectivity index (χ0v) is 28.3. The number of benzene rings is 4. The molecule has 0 aliphatic heterocycles. The van der Waals surface area contributed by atoms with Crippen molar-refractivity contribution >= 4 is 32.9 Å². The van der Waals surface area contributed by atoms with E-state index in [1.807, 2.05) is 0 Å². The second-order valence-electron chi connectivity index (χ2n) is 14.9. The molecule has 0 saturated heterocycles. The standard InChI is InChI=1S/C38H30F15NO/c39-33(40,36(47,48)37(49,50)38(51,52)53)10-5-11-55-32-19-21-12-22(20-32)18-31(32,17-21)54(27-15-25(34(41,42)43)14-26(16-27)35(44,45)46)30-28-8-3-1-6-23(28)13-24-7-2-4-9-29(24)30/h1-4,6-9,13-16,21-22H,5,10-12,17-20H2. The summed E-state index contributed by atoms with van der Waals surface area (Å²) in [6.07, 6.45) is -19.6. The van der Waals surface area contributed by atoms with Crippen LogP contribution in [0.25, 0.3) is 21.5 Å². The highest BCUT2D eigenvalue weighted by atomic mass is 19.4. The predicted molar refractivity (Wildman–Crippen MR) is 172 cm³/mol. The van der Waals surface area contributed by atoms with Gasteiger partial charge in [0.1, 0.15) is 0 Å². The van der Waals surface area contributed by atoms with Gasteiger partial charge in [0.25, 0.3) is 0 Å². The average molecular weight is 802 g/mol. The molecule has 0 amide bonds. The van der Waals surface area contributed by atoms with E-state index < -0.39 is 83.7 Å². The van der Waals surface area contributed by atoms with E-state index >= 15 is 0 Å². The Kier molecular flexibility index (Phi) is 8.98. The monoisotopic (exact) mass is 801 g/mol. The Bertz CT molecular complexity index is 2000. The molecule has 4 aromatic carbocycles.